The topological polar surface area (TPSA) is 119 Å². The van der Waals surface area contributed by atoms with Gasteiger partial charge in [0.15, 0.2) is 0 Å². The van der Waals surface area contributed by atoms with Crippen molar-refractivity contribution in [3.05, 3.63) is 30.0 Å². The van der Waals surface area contributed by atoms with Gasteiger partial charge in [0.1, 0.15) is 11.7 Å². The number of rotatable bonds is 7. The van der Waals surface area contributed by atoms with Crippen LogP contribution in [0.25, 0.3) is 0 Å². The summed E-state index contributed by atoms with van der Waals surface area (Å²) in [6.45, 7) is 10.3. The SMILES string of the molecule is C/C=C\C(=NCC)[C@@H](NC(=O)Nc1cc(N)c(C(=N)N2CCCC2)cn1)C(C)C. The van der Waals surface area contributed by atoms with Gasteiger partial charge in [0.2, 0.25) is 0 Å². The van der Waals surface area contributed by atoms with Crippen LogP contribution in [-0.2, 0) is 0 Å². The molecule has 0 saturated carbocycles. The molecule has 2 heterocycles. The van der Waals surface area contributed by atoms with Crippen molar-refractivity contribution in [2.75, 3.05) is 30.7 Å². The van der Waals surface area contributed by atoms with Gasteiger partial charge >= 0.3 is 6.03 Å². The van der Waals surface area contributed by atoms with Crippen LogP contribution in [0.2, 0.25) is 0 Å². The van der Waals surface area contributed by atoms with Crippen LogP contribution in [0.15, 0.2) is 29.4 Å². The monoisotopic (exact) mass is 399 g/mol. The molecule has 0 unspecified atom stereocenters. The number of hydrogen-bond donors (Lipinski definition) is 4. The fourth-order valence-corrected chi connectivity index (χ4v) is 3.33. The molecule has 0 bridgehead atoms. The first-order chi connectivity index (χ1) is 13.9. The van der Waals surface area contributed by atoms with Crippen molar-refractivity contribution in [1.29, 1.82) is 5.41 Å². The van der Waals surface area contributed by atoms with E-state index in [1.807, 2.05) is 44.7 Å². The van der Waals surface area contributed by atoms with Crippen molar-refractivity contribution in [2.45, 2.75) is 46.6 Å². The Labute approximate surface area is 173 Å². The number of amidine groups is 1. The van der Waals surface area contributed by atoms with Gasteiger partial charge < -0.3 is 16.0 Å². The van der Waals surface area contributed by atoms with Gasteiger partial charge in [0.25, 0.3) is 0 Å². The average molecular weight is 400 g/mol. The zero-order valence-electron chi connectivity index (χ0n) is 17.8. The molecule has 1 fully saturated rings. The molecule has 2 rings (SSSR count). The fourth-order valence-electron chi connectivity index (χ4n) is 3.33. The number of nitrogens with zero attached hydrogens (tertiary/aromatic N) is 3. The number of pyridine rings is 1. The van der Waals surface area contributed by atoms with Gasteiger partial charge in [0, 0.05) is 37.6 Å². The summed E-state index contributed by atoms with van der Waals surface area (Å²) in [6, 6.07) is 1.01. The zero-order valence-corrected chi connectivity index (χ0v) is 17.8. The predicted molar refractivity (Wildman–Crippen MR) is 120 cm³/mol. The summed E-state index contributed by atoms with van der Waals surface area (Å²) >= 11 is 0. The summed E-state index contributed by atoms with van der Waals surface area (Å²) < 4.78 is 0. The van der Waals surface area contributed by atoms with Gasteiger partial charge in [-0.05, 0) is 38.7 Å². The molecule has 0 aliphatic carbocycles. The summed E-state index contributed by atoms with van der Waals surface area (Å²) in [6.07, 6.45) is 7.56. The molecule has 1 atom stereocenters. The molecule has 5 N–H and O–H groups in total. The highest BCUT2D eigenvalue weighted by Gasteiger charge is 2.22. The van der Waals surface area contributed by atoms with Gasteiger partial charge in [-0.1, -0.05) is 19.9 Å². The molecule has 1 aromatic rings. The average Bonchev–Trinajstić information content (AvgIpc) is 3.20. The van der Waals surface area contributed by atoms with Crippen LogP contribution >= 0.6 is 0 Å². The minimum absolute atomic E-state index is 0.170. The van der Waals surface area contributed by atoms with Gasteiger partial charge in [-0.2, -0.15) is 0 Å². The molecule has 8 nitrogen and oxygen atoms in total. The third kappa shape index (κ3) is 6.04. The largest absolute Gasteiger partial charge is 0.398 e. The number of nitrogen functional groups attached to an aromatic ring is 1. The number of anilines is 2. The molecule has 0 aromatic carbocycles. The number of carbonyl (C=O) groups is 1. The van der Waals surface area contributed by atoms with Crippen molar-refractivity contribution in [3.63, 3.8) is 0 Å². The highest BCUT2D eigenvalue weighted by molar-refractivity contribution is 6.03. The van der Waals surface area contributed by atoms with E-state index in [0.717, 1.165) is 31.6 Å². The van der Waals surface area contributed by atoms with E-state index in [0.29, 0.717) is 29.4 Å². The Morgan fingerprint density at radius 1 is 1.41 bits per heavy atom. The fraction of sp³-hybridized carbons (Fsp3) is 0.524. The maximum Gasteiger partial charge on any atom is 0.320 e. The Kier molecular flexibility index (Phi) is 8.18. The maximum atomic E-state index is 12.5. The van der Waals surface area contributed by atoms with E-state index in [2.05, 4.69) is 20.6 Å². The second-order valence-corrected chi connectivity index (χ2v) is 7.42. The van der Waals surface area contributed by atoms with Crippen LogP contribution in [0, 0.1) is 11.3 Å². The number of nitrogens with two attached hydrogens (primary N) is 1. The number of carbonyl (C=O) groups excluding carboxylic acids is 1. The molecule has 1 saturated heterocycles. The molecule has 29 heavy (non-hydrogen) atoms. The number of aliphatic imine (C=N–C) groups is 1. The zero-order chi connectivity index (χ0) is 21.4. The molecule has 1 aliphatic rings. The number of likely N-dealkylation sites (tertiary alicyclic amines) is 1. The molecule has 158 valence electrons. The first kappa shape index (κ1) is 22.4. The van der Waals surface area contributed by atoms with Crippen molar-refractivity contribution in [2.24, 2.45) is 10.9 Å². The second kappa shape index (κ2) is 10.6. The molecule has 8 heteroatoms. The van der Waals surface area contributed by atoms with Crippen molar-refractivity contribution in [1.82, 2.24) is 15.2 Å². The van der Waals surface area contributed by atoms with Crippen LogP contribution in [0.4, 0.5) is 16.3 Å². The number of hydrogen-bond acceptors (Lipinski definition) is 5. The summed E-state index contributed by atoms with van der Waals surface area (Å²) in [5.74, 6) is 0.902. The highest BCUT2D eigenvalue weighted by Crippen LogP contribution is 2.19. The van der Waals surface area contributed by atoms with E-state index in [1.54, 1.807) is 12.3 Å². The number of urea groups is 1. The molecular weight excluding hydrogens is 366 g/mol. The lowest BCUT2D eigenvalue weighted by Crippen LogP contribution is -2.46. The van der Waals surface area contributed by atoms with Crippen molar-refractivity contribution >= 4 is 29.1 Å². The minimum atomic E-state index is -0.369. The van der Waals surface area contributed by atoms with Crippen LogP contribution in [-0.4, -0.2) is 53.1 Å². The van der Waals surface area contributed by atoms with Crippen molar-refractivity contribution in [3.8, 4) is 0 Å². The summed E-state index contributed by atoms with van der Waals surface area (Å²) in [5, 5.41) is 14.0. The Morgan fingerprint density at radius 3 is 2.66 bits per heavy atom. The first-order valence-electron chi connectivity index (χ1n) is 10.2. The number of nitrogens with one attached hydrogen (secondary N) is 3. The standard InChI is InChI=1S/C21H33N7O/c1-5-9-17(24-6-2)19(14(3)4)27-21(29)26-18-12-16(22)15(13-25-18)20(23)28-10-7-8-11-28/h5,9,12-14,19,23H,6-8,10-11H2,1-4H3,(H4,22,25,26,27,29)/b9-5-,23-20?,24-17?/t19-/m0/s1. The third-order valence-electron chi connectivity index (χ3n) is 4.80. The van der Waals surface area contributed by atoms with E-state index in [4.69, 9.17) is 11.1 Å². The summed E-state index contributed by atoms with van der Waals surface area (Å²) in [7, 11) is 0. The normalized spacial score (nSPS) is 15.8. The second-order valence-electron chi connectivity index (χ2n) is 7.42. The van der Waals surface area contributed by atoms with E-state index >= 15 is 0 Å². The van der Waals surface area contributed by atoms with E-state index in [9.17, 15) is 4.79 Å². The van der Waals surface area contributed by atoms with Gasteiger partial charge in [-0.3, -0.25) is 15.7 Å². The van der Waals surface area contributed by atoms with E-state index in [-0.39, 0.29) is 18.0 Å². The Balaban J connectivity index is 2.08. The van der Waals surface area contributed by atoms with E-state index < -0.39 is 0 Å². The van der Waals surface area contributed by atoms with Gasteiger partial charge in [-0.25, -0.2) is 9.78 Å². The molecule has 1 aromatic heterocycles. The number of allylic oxidation sites excluding steroid dienone is 1. The quantitative estimate of drug-likeness (QED) is 0.415. The first-order valence-corrected chi connectivity index (χ1v) is 10.2. The van der Waals surface area contributed by atoms with E-state index in [1.165, 1.54) is 0 Å². The smallest absolute Gasteiger partial charge is 0.320 e. The molecule has 0 radical (unpaired) electrons. The Morgan fingerprint density at radius 2 is 2.10 bits per heavy atom. The molecule has 2 amide bonds. The lowest BCUT2D eigenvalue weighted by atomic mass is 9.98. The van der Waals surface area contributed by atoms with Crippen LogP contribution in [0.1, 0.15) is 46.1 Å². The number of amides is 2. The summed E-state index contributed by atoms with van der Waals surface area (Å²) in [5.41, 5.74) is 7.98. The lowest BCUT2D eigenvalue weighted by molar-refractivity contribution is 0.248. The minimum Gasteiger partial charge on any atom is -0.398 e. The molecular formula is C21H33N7O. The predicted octanol–water partition coefficient (Wildman–Crippen LogP) is 3.27. The Hall–Kier alpha value is -2.90. The molecule has 1 aliphatic heterocycles. The van der Waals surface area contributed by atoms with Gasteiger partial charge in [0.05, 0.1) is 17.3 Å². The van der Waals surface area contributed by atoms with Gasteiger partial charge in [-0.15, -0.1) is 0 Å². The Bertz CT molecular complexity index is 779. The lowest BCUT2D eigenvalue weighted by Gasteiger charge is -2.23. The third-order valence-corrected chi connectivity index (χ3v) is 4.80. The highest BCUT2D eigenvalue weighted by atomic mass is 16.2. The summed E-state index contributed by atoms with van der Waals surface area (Å²) in [4.78, 5) is 23.3. The maximum absolute atomic E-state index is 12.5. The van der Waals surface area contributed by atoms with Crippen LogP contribution in [0.3, 0.4) is 0 Å². The van der Waals surface area contributed by atoms with Crippen molar-refractivity contribution < 1.29 is 4.79 Å². The number of aromatic nitrogens is 1. The van der Waals surface area contributed by atoms with Crippen LogP contribution in [0.5, 0.6) is 0 Å². The molecule has 0 spiro atoms. The van der Waals surface area contributed by atoms with Crippen LogP contribution < -0.4 is 16.4 Å².